The van der Waals surface area contributed by atoms with Gasteiger partial charge in [0, 0.05) is 39.3 Å². The van der Waals surface area contributed by atoms with Crippen LogP contribution in [0.1, 0.15) is 51.3 Å². The van der Waals surface area contributed by atoms with Crippen molar-refractivity contribution in [2.24, 2.45) is 0 Å². The zero-order chi connectivity index (χ0) is 19.1. The van der Waals surface area contributed by atoms with E-state index in [0.29, 0.717) is 0 Å². The first-order valence-electron chi connectivity index (χ1n) is 9.44. The van der Waals surface area contributed by atoms with E-state index in [4.69, 9.17) is 0 Å². The largest absolute Gasteiger partial charge is 0.140 e. The van der Waals surface area contributed by atoms with Crippen molar-refractivity contribution in [3.8, 4) is 0 Å². The number of thiophene rings is 3. The number of rotatable bonds is 0. The summed E-state index contributed by atoms with van der Waals surface area (Å²) < 4.78 is 5.65. The SMILES string of the molecule is CC(C)(C)c1cc2cc3c(cc2s1)sc1cc2sc(C(C)(C)C)cc2cc13. The molecule has 3 heteroatoms. The Hall–Kier alpha value is -1.42. The van der Waals surface area contributed by atoms with Gasteiger partial charge in [-0.3, -0.25) is 0 Å². The second kappa shape index (κ2) is 5.56. The summed E-state index contributed by atoms with van der Waals surface area (Å²) in [6, 6.07) is 14.4. The molecule has 0 amide bonds. The van der Waals surface area contributed by atoms with E-state index in [0.717, 1.165) is 0 Å². The topological polar surface area (TPSA) is 0 Å². The summed E-state index contributed by atoms with van der Waals surface area (Å²) >= 11 is 5.83. The number of hydrogen-bond acceptors (Lipinski definition) is 3. The molecule has 27 heavy (non-hydrogen) atoms. The van der Waals surface area contributed by atoms with Gasteiger partial charge >= 0.3 is 0 Å². The fraction of sp³-hybridized carbons (Fsp3) is 0.333. The lowest BCUT2D eigenvalue weighted by Crippen LogP contribution is -2.07. The molecule has 0 aliphatic carbocycles. The van der Waals surface area contributed by atoms with Crippen LogP contribution in [0, 0.1) is 0 Å². The molecular weight excluding hydrogens is 384 g/mol. The molecule has 0 aliphatic rings. The van der Waals surface area contributed by atoms with Crippen molar-refractivity contribution in [2.45, 2.75) is 52.4 Å². The Labute approximate surface area is 172 Å². The van der Waals surface area contributed by atoms with Gasteiger partial charge in [-0.05, 0) is 58.0 Å². The van der Waals surface area contributed by atoms with Crippen molar-refractivity contribution < 1.29 is 0 Å². The van der Waals surface area contributed by atoms with Gasteiger partial charge in [0.2, 0.25) is 0 Å². The smallest absolute Gasteiger partial charge is 0.0369 e. The van der Waals surface area contributed by atoms with Crippen LogP contribution in [-0.2, 0) is 10.8 Å². The summed E-state index contributed by atoms with van der Waals surface area (Å²) in [4.78, 5) is 2.93. The minimum atomic E-state index is 0.214. The minimum Gasteiger partial charge on any atom is -0.140 e. The average Bonchev–Trinajstić information content (AvgIpc) is 3.22. The van der Waals surface area contributed by atoms with Gasteiger partial charge in [-0.15, -0.1) is 34.0 Å². The van der Waals surface area contributed by atoms with E-state index in [1.54, 1.807) is 0 Å². The summed E-state index contributed by atoms with van der Waals surface area (Å²) in [6.07, 6.45) is 0. The maximum atomic E-state index is 2.41. The van der Waals surface area contributed by atoms with Gasteiger partial charge < -0.3 is 0 Å². The molecular formula is C24H24S3. The third-order valence-electron chi connectivity index (χ3n) is 5.23. The molecule has 0 saturated carbocycles. The van der Waals surface area contributed by atoms with Crippen molar-refractivity contribution in [3.05, 3.63) is 46.2 Å². The normalized spacial score (nSPS) is 13.6. The van der Waals surface area contributed by atoms with Crippen molar-refractivity contribution in [1.29, 1.82) is 0 Å². The molecule has 3 heterocycles. The Morgan fingerprint density at radius 2 is 0.889 bits per heavy atom. The third-order valence-corrected chi connectivity index (χ3v) is 9.39. The van der Waals surface area contributed by atoms with Crippen LogP contribution in [0.5, 0.6) is 0 Å². The Morgan fingerprint density at radius 3 is 1.26 bits per heavy atom. The molecule has 138 valence electrons. The van der Waals surface area contributed by atoms with Crippen molar-refractivity contribution in [3.63, 3.8) is 0 Å². The Balaban J connectivity index is 1.77. The van der Waals surface area contributed by atoms with Crippen molar-refractivity contribution in [2.75, 3.05) is 0 Å². The monoisotopic (exact) mass is 408 g/mol. The van der Waals surface area contributed by atoms with Crippen molar-refractivity contribution in [1.82, 2.24) is 0 Å². The predicted octanol–water partition coefficient (Wildman–Crippen LogP) is 9.08. The zero-order valence-electron chi connectivity index (χ0n) is 16.7. The molecule has 0 radical (unpaired) electrons. The molecule has 0 spiro atoms. The first-order valence-corrected chi connectivity index (χ1v) is 11.9. The molecule has 0 nitrogen and oxygen atoms in total. The molecule has 2 aromatic carbocycles. The molecule has 0 N–H and O–H groups in total. The highest BCUT2D eigenvalue weighted by atomic mass is 32.1. The first kappa shape index (κ1) is 17.7. The van der Waals surface area contributed by atoms with Crippen LogP contribution in [-0.4, -0.2) is 0 Å². The number of benzene rings is 2. The van der Waals surface area contributed by atoms with E-state index in [1.165, 1.54) is 50.1 Å². The van der Waals surface area contributed by atoms with Gasteiger partial charge in [-0.2, -0.15) is 0 Å². The van der Waals surface area contributed by atoms with E-state index in [2.05, 4.69) is 77.9 Å². The van der Waals surface area contributed by atoms with Gasteiger partial charge in [0.05, 0.1) is 0 Å². The Morgan fingerprint density at radius 1 is 0.481 bits per heavy atom. The van der Waals surface area contributed by atoms with E-state index in [1.807, 2.05) is 34.0 Å². The van der Waals surface area contributed by atoms with Crippen LogP contribution in [0.25, 0.3) is 40.3 Å². The van der Waals surface area contributed by atoms with E-state index < -0.39 is 0 Å². The van der Waals surface area contributed by atoms with Crippen LogP contribution in [0.4, 0.5) is 0 Å². The standard InChI is InChI=1S/C24H24S3/c1-23(2,3)21-9-13-7-15-16-8-14-10-22(24(4,5)6)27-18(14)12-20(16)25-19(15)11-17(13)26-21/h7-12H,1-6H3. The second-order valence-corrected chi connectivity index (χ2v) is 12.8. The highest BCUT2D eigenvalue weighted by Gasteiger charge is 2.19. The van der Waals surface area contributed by atoms with Crippen molar-refractivity contribution >= 4 is 74.4 Å². The first-order chi connectivity index (χ1) is 12.6. The van der Waals surface area contributed by atoms with E-state index >= 15 is 0 Å². The molecule has 0 unspecified atom stereocenters. The number of fused-ring (bicyclic) bond motifs is 5. The number of hydrogen-bond donors (Lipinski definition) is 0. The summed E-state index contributed by atoms with van der Waals surface area (Å²) in [5.41, 5.74) is 0.427. The van der Waals surface area contributed by atoms with Crippen LogP contribution in [0.15, 0.2) is 36.4 Å². The highest BCUT2D eigenvalue weighted by molar-refractivity contribution is 7.27. The third kappa shape index (κ3) is 2.83. The molecule has 0 atom stereocenters. The lowest BCUT2D eigenvalue weighted by molar-refractivity contribution is 0.604. The molecule has 5 aromatic rings. The fourth-order valence-corrected chi connectivity index (χ4v) is 7.16. The quantitative estimate of drug-likeness (QED) is 0.240. The van der Waals surface area contributed by atoms with Gasteiger partial charge in [0.15, 0.2) is 0 Å². The maximum Gasteiger partial charge on any atom is 0.0369 e. The van der Waals surface area contributed by atoms with Gasteiger partial charge in [0.1, 0.15) is 0 Å². The van der Waals surface area contributed by atoms with Crippen LogP contribution >= 0.6 is 34.0 Å². The lowest BCUT2D eigenvalue weighted by atomic mass is 9.94. The maximum absolute atomic E-state index is 2.41. The summed E-state index contributed by atoms with van der Waals surface area (Å²) in [6.45, 7) is 13.8. The van der Waals surface area contributed by atoms with Gasteiger partial charge in [-0.25, -0.2) is 0 Å². The zero-order valence-corrected chi connectivity index (χ0v) is 19.1. The minimum absolute atomic E-state index is 0.214. The molecule has 5 rings (SSSR count). The molecule has 0 aliphatic heterocycles. The van der Waals surface area contributed by atoms with Crippen LogP contribution in [0.3, 0.4) is 0 Å². The summed E-state index contributed by atoms with van der Waals surface area (Å²) in [5.74, 6) is 0. The summed E-state index contributed by atoms with van der Waals surface area (Å²) in [7, 11) is 0. The molecule has 0 saturated heterocycles. The Bertz CT molecular complexity index is 1220. The Kier molecular flexibility index (Phi) is 3.64. The molecule has 0 fully saturated rings. The fourth-order valence-electron chi connectivity index (χ4n) is 3.58. The molecule has 0 bridgehead atoms. The second-order valence-electron chi connectivity index (χ2n) is 9.60. The predicted molar refractivity (Wildman–Crippen MR) is 127 cm³/mol. The van der Waals surface area contributed by atoms with E-state index in [9.17, 15) is 0 Å². The van der Waals surface area contributed by atoms with Gasteiger partial charge in [-0.1, -0.05) is 41.5 Å². The summed E-state index contributed by atoms with van der Waals surface area (Å²) in [5, 5.41) is 5.59. The lowest BCUT2D eigenvalue weighted by Gasteiger charge is -2.14. The molecule has 3 aromatic heterocycles. The average molecular weight is 409 g/mol. The van der Waals surface area contributed by atoms with E-state index in [-0.39, 0.29) is 10.8 Å². The van der Waals surface area contributed by atoms with Gasteiger partial charge in [0.25, 0.3) is 0 Å². The highest BCUT2D eigenvalue weighted by Crippen LogP contribution is 2.44. The van der Waals surface area contributed by atoms with Crippen LogP contribution in [0.2, 0.25) is 0 Å². The van der Waals surface area contributed by atoms with Crippen LogP contribution < -0.4 is 0 Å².